The lowest BCUT2D eigenvalue weighted by Crippen LogP contribution is -2.37. The molecule has 0 aromatic heterocycles. The molecule has 1 N–H and O–H groups in total. The van der Waals surface area contributed by atoms with Gasteiger partial charge in [0, 0.05) is 24.0 Å². The number of hydrogen-bond donors (Lipinski definition) is 1. The minimum Gasteiger partial charge on any atom is -0.478 e. The highest BCUT2D eigenvalue weighted by atomic mass is 35.5. The van der Waals surface area contributed by atoms with E-state index < -0.39 is 5.97 Å². The minimum absolute atomic E-state index is 0.0101. The fourth-order valence-electron chi connectivity index (χ4n) is 3.70. The molecule has 2 aromatic rings. The molecular weight excluding hydrogens is 338 g/mol. The van der Waals surface area contributed by atoms with Gasteiger partial charge in [-0.1, -0.05) is 35.9 Å². The zero-order valence-electron chi connectivity index (χ0n) is 13.6. The molecule has 128 valence electrons. The summed E-state index contributed by atoms with van der Waals surface area (Å²) in [6, 6.07) is 12.9. The smallest absolute Gasteiger partial charge is 0.335 e. The average molecular weight is 356 g/mol. The van der Waals surface area contributed by atoms with Gasteiger partial charge in [0.2, 0.25) is 5.91 Å². The molecule has 1 amide bonds. The second-order valence-electron chi connectivity index (χ2n) is 6.77. The second kappa shape index (κ2) is 6.19. The van der Waals surface area contributed by atoms with Crippen LogP contribution in [0.15, 0.2) is 42.5 Å². The Kier molecular flexibility index (Phi) is 4.00. The number of rotatable bonds is 3. The van der Waals surface area contributed by atoms with Crippen LogP contribution in [0.3, 0.4) is 0 Å². The van der Waals surface area contributed by atoms with Gasteiger partial charge in [0.15, 0.2) is 0 Å². The number of aromatic carboxylic acids is 1. The molecule has 2 aliphatic rings. The van der Waals surface area contributed by atoms with Gasteiger partial charge in [-0.3, -0.25) is 4.79 Å². The first-order chi connectivity index (χ1) is 12.0. The van der Waals surface area contributed by atoms with E-state index in [0.29, 0.717) is 13.1 Å². The summed E-state index contributed by atoms with van der Waals surface area (Å²) in [5.74, 6) is -0.597. The van der Waals surface area contributed by atoms with Crippen LogP contribution in [-0.2, 0) is 17.8 Å². The van der Waals surface area contributed by atoms with Gasteiger partial charge in [-0.05, 0) is 53.6 Å². The Hall–Kier alpha value is -2.33. The molecule has 1 aliphatic carbocycles. The molecule has 1 aliphatic heterocycles. The van der Waals surface area contributed by atoms with Crippen LogP contribution in [0.5, 0.6) is 0 Å². The molecule has 1 heterocycles. The first kappa shape index (κ1) is 16.2. The molecule has 0 bridgehead atoms. The van der Waals surface area contributed by atoms with Crippen LogP contribution in [0.25, 0.3) is 0 Å². The highest BCUT2D eigenvalue weighted by molar-refractivity contribution is 6.31. The van der Waals surface area contributed by atoms with Crippen LogP contribution in [0.4, 0.5) is 0 Å². The molecule has 4 nitrogen and oxygen atoms in total. The Bertz CT molecular complexity index is 864. The fourth-order valence-corrected chi connectivity index (χ4v) is 3.98. The molecule has 25 heavy (non-hydrogen) atoms. The Morgan fingerprint density at radius 3 is 2.68 bits per heavy atom. The molecule has 0 saturated heterocycles. The number of fused-ring (bicyclic) bond motifs is 1. The zero-order chi connectivity index (χ0) is 17.6. The lowest BCUT2D eigenvalue weighted by molar-refractivity contribution is -0.133. The lowest BCUT2D eigenvalue weighted by atomic mass is 9.97. The summed E-state index contributed by atoms with van der Waals surface area (Å²) in [5, 5.41) is 9.87. The number of carbonyl (C=O) groups is 2. The molecule has 2 unspecified atom stereocenters. The largest absolute Gasteiger partial charge is 0.478 e. The van der Waals surface area contributed by atoms with Gasteiger partial charge >= 0.3 is 5.97 Å². The first-order valence-electron chi connectivity index (χ1n) is 8.43. The van der Waals surface area contributed by atoms with E-state index in [1.165, 1.54) is 0 Å². The second-order valence-corrected chi connectivity index (χ2v) is 7.18. The zero-order valence-corrected chi connectivity index (χ0v) is 14.4. The van der Waals surface area contributed by atoms with Crippen molar-refractivity contribution < 1.29 is 14.7 Å². The maximum Gasteiger partial charge on any atom is 0.335 e. The molecule has 1 saturated carbocycles. The van der Waals surface area contributed by atoms with Crippen LogP contribution in [0, 0.1) is 5.92 Å². The van der Waals surface area contributed by atoms with Gasteiger partial charge in [0.1, 0.15) is 0 Å². The number of carbonyl (C=O) groups excluding carboxylic acids is 1. The van der Waals surface area contributed by atoms with Crippen LogP contribution in [-0.4, -0.2) is 28.4 Å². The summed E-state index contributed by atoms with van der Waals surface area (Å²) in [6.07, 6.45) is 1.60. The van der Waals surface area contributed by atoms with Crippen molar-refractivity contribution in [2.24, 2.45) is 5.92 Å². The van der Waals surface area contributed by atoms with Gasteiger partial charge in [-0.2, -0.15) is 0 Å². The van der Waals surface area contributed by atoms with Crippen LogP contribution in [0.2, 0.25) is 5.02 Å². The maximum atomic E-state index is 12.9. The number of amides is 1. The topological polar surface area (TPSA) is 57.6 Å². The molecule has 2 atom stereocenters. The third-order valence-electron chi connectivity index (χ3n) is 5.19. The number of benzene rings is 2. The van der Waals surface area contributed by atoms with Gasteiger partial charge in [-0.25, -0.2) is 4.79 Å². The van der Waals surface area contributed by atoms with Crippen molar-refractivity contribution in [3.05, 3.63) is 69.7 Å². The minimum atomic E-state index is -0.938. The average Bonchev–Trinajstić information content (AvgIpc) is 3.41. The number of carboxylic acids is 1. The van der Waals surface area contributed by atoms with Gasteiger partial charge in [0.25, 0.3) is 0 Å². The van der Waals surface area contributed by atoms with Crippen LogP contribution >= 0.6 is 11.6 Å². The van der Waals surface area contributed by atoms with Crippen molar-refractivity contribution in [2.75, 3.05) is 6.54 Å². The number of hydrogen-bond acceptors (Lipinski definition) is 2. The van der Waals surface area contributed by atoms with E-state index in [1.54, 1.807) is 12.1 Å². The molecule has 1 fully saturated rings. The number of halogens is 1. The number of carboxylic acid groups (broad SMARTS) is 1. The van der Waals surface area contributed by atoms with Crippen molar-refractivity contribution >= 4 is 23.5 Å². The monoisotopic (exact) mass is 355 g/mol. The third kappa shape index (κ3) is 3.02. The van der Waals surface area contributed by atoms with Crippen molar-refractivity contribution in [2.45, 2.75) is 25.3 Å². The summed E-state index contributed by atoms with van der Waals surface area (Å²) in [4.78, 5) is 25.9. The van der Waals surface area contributed by atoms with Crippen molar-refractivity contribution in [3.8, 4) is 0 Å². The molecule has 2 aromatic carbocycles. The van der Waals surface area contributed by atoms with E-state index in [9.17, 15) is 9.59 Å². The SMILES string of the molecule is O=C(O)c1ccc2c(c1)CN(C(=O)C1CC1c1ccccc1Cl)CC2. The van der Waals surface area contributed by atoms with Crippen LogP contribution in [0.1, 0.15) is 39.4 Å². The van der Waals surface area contributed by atoms with E-state index in [1.807, 2.05) is 35.2 Å². The molecule has 4 rings (SSSR count). The first-order valence-corrected chi connectivity index (χ1v) is 8.80. The van der Waals surface area contributed by atoms with Crippen molar-refractivity contribution in [1.82, 2.24) is 4.90 Å². The van der Waals surface area contributed by atoms with E-state index >= 15 is 0 Å². The van der Waals surface area contributed by atoms with Gasteiger partial charge < -0.3 is 10.0 Å². The molecule has 5 heteroatoms. The summed E-state index contributed by atoms with van der Waals surface area (Å²) in [7, 11) is 0. The Morgan fingerprint density at radius 1 is 1.12 bits per heavy atom. The predicted octanol–water partition coefficient (Wildman–Crippen LogP) is 3.73. The summed E-state index contributed by atoms with van der Waals surface area (Å²) >= 11 is 6.25. The Morgan fingerprint density at radius 2 is 1.92 bits per heavy atom. The predicted molar refractivity (Wildman–Crippen MR) is 94.8 cm³/mol. The molecule has 0 spiro atoms. The highest BCUT2D eigenvalue weighted by Gasteiger charge is 2.46. The molecule has 0 radical (unpaired) electrons. The fraction of sp³-hybridized carbons (Fsp3) is 0.300. The Labute approximate surface area is 151 Å². The van der Waals surface area contributed by atoms with Crippen LogP contribution < -0.4 is 0 Å². The van der Waals surface area contributed by atoms with Gasteiger partial charge in [-0.15, -0.1) is 0 Å². The normalized spacial score (nSPS) is 21.6. The highest BCUT2D eigenvalue weighted by Crippen LogP contribution is 2.50. The summed E-state index contributed by atoms with van der Waals surface area (Å²) in [5.41, 5.74) is 3.39. The summed E-state index contributed by atoms with van der Waals surface area (Å²) < 4.78 is 0. The van der Waals surface area contributed by atoms with E-state index in [2.05, 4.69) is 0 Å². The summed E-state index contributed by atoms with van der Waals surface area (Å²) in [6.45, 7) is 1.17. The number of nitrogens with zero attached hydrogens (tertiary/aromatic N) is 1. The van der Waals surface area contributed by atoms with E-state index in [0.717, 1.165) is 34.6 Å². The third-order valence-corrected chi connectivity index (χ3v) is 5.53. The Balaban J connectivity index is 1.49. The molecular formula is C20H18ClNO3. The maximum absolute atomic E-state index is 12.9. The quantitative estimate of drug-likeness (QED) is 0.912. The van der Waals surface area contributed by atoms with E-state index in [-0.39, 0.29) is 23.3 Å². The van der Waals surface area contributed by atoms with Crippen molar-refractivity contribution in [3.63, 3.8) is 0 Å². The van der Waals surface area contributed by atoms with E-state index in [4.69, 9.17) is 16.7 Å². The van der Waals surface area contributed by atoms with Crippen molar-refractivity contribution in [1.29, 1.82) is 0 Å². The van der Waals surface area contributed by atoms with Gasteiger partial charge in [0.05, 0.1) is 5.56 Å². The standard InChI is InChI=1S/C20H18ClNO3/c21-18-4-2-1-3-15(18)16-10-17(16)19(23)22-8-7-12-5-6-13(20(24)25)9-14(12)11-22/h1-6,9,16-17H,7-8,10-11H2,(H,24,25). The lowest BCUT2D eigenvalue weighted by Gasteiger charge is -2.29.